The van der Waals surface area contributed by atoms with Crippen molar-refractivity contribution < 1.29 is 4.39 Å². The second-order valence-electron chi connectivity index (χ2n) is 8.36. The van der Waals surface area contributed by atoms with Crippen molar-refractivity contribution in [2.45, 2.75) is 81.8 Å². The lowest BCUT2D eigenvalue weighted by atomic mass is 9.47. The van der Waals surface area contributed by atoms with E-state index in [4.69, 9.17) is 0 Å². The van der Waals surface area contributed by atoms with E-state index in [2.05, 4.69) is 55.4 Å². The predicted octanol–water partition coefficient (Wildman–Crippen LogP) is 6.11. The average molecular weight is 258 g/mol. The van der Waals surface area contributed by atoms with Crippen LogP contribution in [0, 0.1) is 28.1 Å². The molecule has 0 aromatic carbocycles. The Labute approximate surface area is 115 Å². The molecular weight excluding hydrogens is 223 g/mol. The first-order valence-corrected chi connectivity index (χ1v) is 7.33. The van der Waals surface area contributed by atoms with Crippen LogP contribution in [0.25, 0.3) is 0 Å². The highest BCUT2D eigenvalue weighted by molar-refractivity contribution is 5.06. The van der Waals surface area contributed by atoms with Gasteiger partial charge in [-0.25, -0.2) is 4.39 Å². The Balaban J connectivity index is 5.74. The van der Waals surface area contributed by atoms with E-state index in [1.54, 1.807) is 6.92 Å². The fraction of sp³-hybridized carbons (Fsp3) is 1.00. The summed E-state index contributed by atoms with van der Waals surface area (Å²) in [6.45, 7) is 23.4. The molecule has 0 rings (SSSR count). The second kappa shape index (κ2) is 4.80. The minimum absolute atomic E-state index is 0.0229. The van der Waals surface area contributed by atoms with E-state index < -0.39 is 5.67 Å². The summed E-state index contributed by atoms with van der Waals surface area (Å²) < 4.78 is 15.3. The number of rotatable bonds is 5. The SMILES string of the molecule is CC(C)C(C)(C)C(C)(C)C(C)(C)C(C)(F)C(C)C. The van der Waals surface area contributed by atoms with E-state index in [9.17, 15) is 0 Å². The van der Waals surface area contributed by atoms with Crippen molar-refractivity contribution in [1.29, 1.82) is 0 Å². The van der Waals surface area contributed by atoms with Gasteiger partial charge in [0.25, 0.3) is 0 Å². The van der Waals surface area contributed by atoms with Gasteiger partial charge >= 0.3 is 0 Å². The fourth-order valence-corrected chi connectivity index (χ4v) is 2.86. The summed E-state index contributed by atoms with van der Waals surface area (Å²) >= 11 is 0. The molecule has 18 heavy (non-hydrogen) atoms. The van der Waals surface area contributed by atoms with Crippen molar-refractivity contribution >= 4 is 0 Å². The Hall–Kier alpha value is -0.0700. The third-order valence-corrected chi connectivity index (χ3v) is 6.92. The Morgan fingerprint density at radius 3 is 1.17 bits per heavy atom. The minimum Gasteiger partial charge on any atom is -0.243 e. The van der Waals surface area contributed by atoms with E-state index >= 15 is 4.39 Å². The molecule has 1 atom stereocenters. The average Bonchev–Trinajstić information content (AvgIpc) is 2.15. The molecule has 0 aliphatic rings. The normalized spacial score (nSPS) is 18.3. The van der Waals surface area contributed by atoms with Crippen LogP contribution in [-0.4, -0.2) is 5.67 Å². The van der Waals surface area contributed by atoms with Gasteiger partial charge in [-0.3, -0.25) is 0 Å². The third-order valence-electron chi connectivity index (χ3n) is 6.92. The van der Waals surface area contributed by atoms with Crippen molar-refractivity contribution in [3.05, 3.63) is 0 Å². The van der Waals surface area contributed by atoms with E-state index in [0.29, 0.717) is 5.92 Å². The van der Waals surface area contributed by atoms with Crippen LogP contribution < -0.4 is 0 Å². The molecule has 1 heteroatoms. The standard InChI is InChI=1S/C17H35F/c1-12(2)14(5,6)15(7,8)16(9,10)17(11,18)13(3)4/h12-13H,1-11H3. The van der Waals surface area contributed by atoms with Crippen molar-refractivity contribution in [3.8, 4) is 0 Å². The molecule has 110 valence electrons. The van der Waals surface area contributed by atoms with Gasteiger partial charge in [-0.05, 0) is 29.6 Å². The first-order chi connectivity index (χ1) is 7.64. The highest BCUT2D eigenvalue weighted by Crippen LogP contribution is 2.60. The summed E-state index contributed by atoms with van der Waals surface area (Å²) in [5, 5.41) is 0. The van der Waals surface area contributed by atoms with Crippen molar-refractivity contribution in [1.82, 2.24) is 0 Å². The molecule has 0 saturated heterocycles. The summed E-state index contributed by atoms with van der Waals surface area (Å²) in [5.74, 6) is 0.546. The van der Waals surface area contributed by atoms with Crippen LogP contribution >= 0.6 is 0 Å². The molecule has 0 heterocycles. The molecule has 0 spiro atoms. The van der Waals surface area contributed by atoms with Crippen molar-refractivity contribution in [3.63, 3.8) is 0 Å². The van der Waals surface area contributed by atoms with Crippen LogP contribution in [0.2, 0.25) is 0 Å². The molecule has 0 saturated carbocycles. The molecule has 0 nitrogen and oxygen atoms in total. The lowest BCUT2D eigenvalue weighted by molar-refractivity contribution is -0.145. The van der Waals surface area contributed by atoms with Gasteiger partial charge in [0.2, 0.25) is 0 Å². The summed E-state index contributed by atoms with van der Waals surface area (Å²) in [6, 6.07) is 0. The summed E-state index contributed by atoms with van der Waals surface area (Å²) in [5.41, 5.74) is -1.58. The molecule has 0 fully saturated rings. The van der Waals surface area contributed by atoms with Crippen LogP contribution in [0.5, 0.6) is 0 Å². The smallest absolute Gasteiger partial charge is 0.116 e. The Bertz CT molecular complexity index is 250. The number of alkyl halides is 1. The Morgan fingerprint density at radius 1 is 0.611 bits per heavy atom. The van der Waals surface area contributed by atoms with E-state index in [-0.39, 0.29) is 22.2 Å². The van der Waals surface area contributed by atoms with Gasteiger partial charge in [-0.1, -0.05) is 69.2 Å². The van der Waals surface area contributed by atoms with Crippen molar-refractivity contribution in [2.24, 2.45) is 28.1 Å². The highest BCUT2D eigenvalue weighted by Gasteiger charge is 2.58. The molecule has 0 N–H and O–H groups in total. The van der Waals surface area contributed by atoms with Crippen LogP contribution in [0.3, 0.4) is 0 Å². The Kier molecular flexibility index (Phi) is 4.78. The van der Waals surface area contributed by atoms with Crippen LogP contribution in [0.15, 0.2) is 0 Å². The van der Waals surface area contributed by atoms with Crippen LogP contribution in [0.1, 0.15) is 76.2 Å². The van der Waals surface area contributed by atoms with Gasteiger partial charge < -0.3 is 0 Å². The number of hydrogen-bond acceptors (Lipinski definition) is 0. The van der Waals surface area contributed by atoms with Gasteiger partial charge in [0, 0.05) is 5.41 Å². The second-order valence-corrected chi connectivity index (χ2v) is 8.36. The summed E-state index contributed by atoms with van der Waals surface area (Å²) in [6.07, 6.45) is 0. The van der Waals surface area contributed by atoms with Gasteiger partial charge in [-0.2, -0.15) is 0 Å². The zero-order valence-electron chi connectivity index (χ0n) is 14.5. The molecule has 0 aliphatic heterocycles. The summed E-state index contributed by atoms with van der Waals surface area (Å²) in [7, 11) is 0. The molecule has 0 radical (unpaired) electrons. The molecule has 0 bridgehead atoms. The van der Waals surface area contributed by atoms with Crippen LogP contribution in [0.4, 0.5) is 4.39 Å². The largest absolute Gasteiger partial charge is 0.243 e. The van der Waals surface area contributed by atoms with Gasteiger partial charge in [0.05, 0.1) is 0 Å². The van der Waals surface area contributed by atoms with Gasteiger partial charge in [0.1, 0.15) is 5.67 Å². The first kappa shape index (κ1) is 17.9. The first-order valence-electron chi connectivity index (χ1n) is 7.33. The quantitative estimate of drug-likeness (QED) is 0.558. The van der Waals surface area contributed by atoms with E-state index in [0.717, 1.165) is 0 Å². The molecule has 0 amide bonds. The molecule has 0 aliphatic carbocycles. The molecule has 0 aromatic heterocycles. The maximum atomic E-state index is 15.3. The van der Waals surface area contributed by atoms with E-state index in [1.165, 1.54) is 0 Å². The molecule has 1 unspecified atom stereocenters. The van der Waals surface area contributed by atoms with Crippen LogP contribution in [-0.2, 0) is 0 Å². The lowest BCUT2D eigenvalue weighted by Crippen LogP contribution is -2.57. The predicted molar refractivity (Wildman–Crippen MR) is 80.5 cm³/mol. The number of halogens is 1. The van der Waals surface area contributed by atoms with Gasteiger partial charge in [0.15, 0.2) is 0 Å². The summed E-state index contributed by atoms with van der Waals surface area (Å²) in [4.78, 5) is 0. The zero-order chi connectivity index (χ0) is 15.2. The molecule has 0 aromatic rings. The fourth-order valence-electron chi connectivity index (χ4n) is 2.86. The Morgan fingerprint density at radius 2 is 0.944 bits per heavy atom. The van der Waals surface area contributed by atoms with E-state index in [1.807, 2.05) is 13.8 Å². The monoisotopic (exact) mass is 258 g/mol. The zero-order valence-corrected chi connectivity index (χ0v) is 14.5. The molecular formula is C17H35F. The van der Waals surface area contributed by atoms with Gasteiger partial charge in [-0.15, -0.1) is 0 Å². The topological polar surface area (TPSA) is 0 Å². The maximum absolute atomic E-state index is 15.3. The minimum atomic E-state index is -1.18. The number of hydrogen-bond donors (Lipinski definition) is 0. The third kappa shape index (κ3) is 2.34. The maximum Gasteiger partial charge on any atom is 0.116 e. The highest BCUT2D eigenvalue weighted by atomic mass is 19.1. The van der Waals surface area contributed by atoms with Crippen molar-refractivity contribution in [2.75, 3.05) is 0 Å². The lowest BCUT2D eigenvalue weighted by Gasteiger charge is -2.59.